The van der Waals surface area contributed by atoms with Crippen LogP contribution in [-0.4, -0.2) is 18.4 Å². The SMILES string of the molecule is CC(C)NCC(=O)c1ccc(F)c(N)c1. The van der Waals surface area contributed by atoms with Gasteiger partial charge in [0.2, 0.25) is 0 Å². The van der Waals surface area contributed by atoms with E-state index in [2.05, 4.69) is 5.32 Å². The summed E-state index contributed by atoms with van der Waals surface area (Å²) in [6.45, 7) is 4.14. The molecule has 0 aliphatic carbocycles. The van der Waals surface area contributed by atoms with Crippen molar-refractivity contribution in [3.8, 4) is 0 Å². The molecule has 1 aromatic carbocycles. The minimum atomic E-state index is -0.497. The van der Waals surface area contributed by atoms with Crippen molar-refractivity contribution in [1.82, 2.24) is 5.32 Å². The number of nitrogens with one attached hydrogen (secondary N) is 1. The van der Waals surface area contributed by atoms with E-state index >= 15 is 0 Å². The van der Waals surface area contributed by atoms with Crippen molar-refractivity contribution in [2.45, 2.75) is 19.9 Å². The largest absolute Gasteiger partial charge is 0.396 e. The Bertz CT molecular complexity index is 364. The molecule has 0 aliphatic heterocycles. The number of Topliss-reactive ketones (excluding diaryl/α,β-unsaturated/α-hetero) is 1. The zero-order valence-corrected chi connectivity index (χ0v) is 8.88. The summed E-state index contributed by atoms with van der Waals surface area (Å²) in [5.41, 5.74) is 5.80. The Labute approximate surface area is 88.5 Å². The molecule has 1 aromatic rings. The smallest absolute Gasteiger partial charge is 0.176 e. The second-order valence-corrected chi connectivity index (χ2v) is 3.70. The predicted octanol–water partition coefficient (Wildman–Crippen LogP) is 1.59. The van der Waals surface area contributed by atoms with Gasteiger partial charge in [0, 0.05) is 11.6 Å². The van der Waals surface area contributed by atoms with Gasteiger partial charge in [-0.2, -0.15) is 0 Å². The van der Waals surface area contributed by atoms with Gasteiger partial charge in [-0.15, -0.1) is 0 Å². The highest BCUT2D eigenvalue weighted by Crippen LogP contribution is 2.12. The standard InChI is InChI=1S/C11H15FN2O/c1-7(2)14-6-11(15)8-3-4-9(12)10(13)5-8/h3-5,7,14H,6,13H2,1-2H3. The van der Waals surface area contributed by atoms with E-state index in [0.717, 1.165) is 0 Å². The highest BCUT2D eigenvalue weighted by atomic mass is 19.1. The topological polar surface area (TPSA) is 55.1 Å². The van der Waals surface area contributed by atoms with Gasteiger partial charge in [-0.1, -0.05) is 13.8 Å². The van der Waals surface area contributed by atoms with Crippen molar-refractivity contribution in [1.29, 1.82) is 0 Å². The first-order chi connectivity index (χ1) is 7.00. The average Bonchev–Trinajstić information content (AvgIpc) is 2.18. The van der Waals surface area contributed by atoms with Gasteiger partial charge in [0.1, 0.15) is 5.82 Å². The lowest BCUT2D eigenvalue weighted by Crippen LogP contribution is -2.29. The van der Waals surface area contributed by atoms with Crippen LogP contribution in [0.2, 0.25) is 0 Å². The Morgan fingerprint density at radius 2 is 2.20 bits per heavy atom. The summed E-state index contributed by atoms with van der Waals surface area (Å²) in [6.07, 6.45) is 0. The summed E-state index contributed by atoms with van der Waals surface area (Å²) in [7, 11) is 0. The molecule has 0 bridgehead atoms. The van der Waals surface area contributed by atoms with Crippen LogP contribution in [0.25, 0.3) is 0 Å². The summed E-state index contributed by atoms with van der Waals surface area (Å²) < 4.78 is 12.8. The van der Waals surface area contributed by atoms with Crippen LogP contribution in [0.4, 0.5) is 10.1 Å². The van der Waals surface area contributed by atoms with Crippen LogP contribution in [0.3, 0.4) is 0 Å². The number of carbonyl (C=O) groups is 1. The number of hydrogen-bond donors (Lipinski definition) is 2. The van der Waals surface area contributed by atoms with Crippen molar-refractivity contribution in [3.05, 3.63) is 29.6 Å². The third-order valence-electron chi connectivity index (χ3n) is 1.99. The molecule has 0 fully saturated rings. The van der Waals surface area contributed by atoms with Gasteiger partial charge in [-0.3, -0.25) is 4.79 Å². The number of halogens is 1. The predicted molar refractivity (Wildman–Crippen MR) is 58.3 cm³/mol. The number of ketones is 1. The first-order valence-electron chi connectivity index (χ1n) is 4.82. The number of carbonyl (C=O) groups excluding carboxylic acids is 1. The molecule has 3 nitrogen and oxygen atoms in total. The first-order valence-corrected chi connectivity index (χ1v) is 4.82. The Balaban J connectivity index is 2.70. The minimum absolute atomic E-state index is 0.00500. The number of nitrogens with two attached hydrogens (primary N) is 1. The van der Waals surface area contributed by atoms with E-state index in [0.29, 0.717) is 5.56 Å². The molecule has 0 unspecified atom stereocenters. The van der Waals surface area contributed by atoms with Crippen LogP contribution in [0, 0.1) is 5.82 Å². The lowest BCUT2D eigenvalue weighted by atomic mass is 10.1. The first kappa shape index (κ1) is 11.7. The molecule has 0 atom stereocenters. The van der Waals surface area contributed by atoms with Crippen LogP contribution in [0.5, 0.6) is 0 Å². The molecule has 0 heterocycles. The molecule has 0 saturated carbocycles. The minimum Gasteiger partial charge on any atom is -0.396 e. The average molecular weight is 210 g/mol. The second-order valence-electron chi connectivity index (χ2n) is 3.70. The number of benzene rings is 1. The van der Waals surface area contributed by atoms with Crippen molar-refractivity contribution < 1.29 is 9.18 Å². The van der Waals surface area contributed by atoms with Crippen LogP contribution >= 0.6 is 0 Å². The molecule has 15 heavy (non-hydrogen) atoms. The third kappa shape index (κ3) is 3.32. The molecule has 1 rings (SSSR count). The van der Waals surface area contributed by atoms with Crippen molar-refractivity contribution in [3.63, 3.8) is 0 Å². The molecular weight excluding hydrogens is 195 g/mol. The molecule has 0 saturated heterocycles. The number of hydrogen-bond acceptors (Lipinski definition) is 3. The molecule has 82 valence electrons. The maximum Gasteiger partial charge on any atom is 0.176 e. The fraction of sp³-hybridized carbons (Fsp3) is 0.364. The van der Waals surface area contributed by atoms with Gasteiger partial charge in [0.15, 0.2) is 5.78 Å². The van der Waals surface area contributed by atoms with Crippen molar-refractivity contribution in [2.75, 3.05) is 12.3 Å². The quantitative estimate of drug-likeness (QED) is 0.586. The summed E-state index contributed by atoms with van der Waals surface area (Å²) >= 11 is 0. The van der Waals surface area contributed by atoms with E-state index < -0.39 is 5.82 Å². The zero-order chi connectivity index (χ0) is 11.4. The molecule has 4 heteroatoms. The van der Waals surface area contributed by atoms with Gasteiger partial charge in [0.05, 0.1) is 12.2 Å². The van der Waals surface area contributed by atoms with Gasteiger partial charge in [-0.05, 0) is 18.2 Å². The Morgan fingerprint density at radius 1 is 1.53 bits per heavy atom. The van der Waals surface area contributed by atoms with E-state index in [4.69, 9.17) is 5.73 Å². The lowest BCUT2D eigenvalue weighted by Gasteiger charge is -2.07. The van der Waals surface area contributed by atoms with Gasteiger partial charge in [-0.25, -0.2) is 4.39 Å². The number of rotatable bonds is 4. The summed E-state index contributed by atoms with van der Waals surface area (Å²) in [6, 6.07) is 4.25. The molecule has 0 aliphatic rings. The van der Waals surface area contributed by atoms with Crippen LogP contribution in [0.15, 0.2) is 18.2 Å². The van der Waals surface area contributed by atoms with E-state index in [-0.39, 0.29) is 24.1 Å². The van der Waals surface area contributed by atoms with Crippen molar-refractivity contribution >= 4 is 11.5 Å². The third-order valence-corrected chi connectivity index (χ3v) is 1.99. The second kappa shape index (κ2) is 4.89. The Kier molecular flexibility index (Phi) is 3.80. The highest BCUT2D eigenvalue weighted by molar-refractivity contribution is 5.98. The van der Waals surface area contributed by atoms with E-state index in [1.807, 2.05) is 13.8 Å². The summed E-state index contributed by atoms with van der Waals surface area (Å²) in [5.74, 6) is -0.584. The molecule has 0 spiro atoms. The fourth-order valence-corrected chi connectivity index (χ4v) is 1.12. The Morgan fingerprint density at radius 3 is 2.73 bits per heavy atom. The highest BCUT2D eigenvalue weighted by Gasteiger charge is 2.08. The maximum atomic E-state index is 12.8. The molecule has 0 radical (unpaired) electrons. The lowest BCUT2D eigenvalue weighted by molar-refractivity contribution is 0.0988. The number of anilines is 1. The van der Waals surface area contributed by atoms with Gasteiger partial charge in [0.25, 0.3) is 0 Å². The van der Waals surface area contributed by atoms with Gasteiger partial charge >= 0.3 is 0 Å². The maximum absolute atomic E-state index is 12.8. The van der Waals surface area contributed by atoms with E-state index in [9.17, 15) is 9.18 Å². The molecule has 3 N–H and O–H groups in total. The fourth-order valence-electron chi connectivity index (χ4n) is 1.12. The summed E-state index contributed by atoms with van der Waals surface area (Å²) in [5, 5.41) is 2.99. The normalized spacial score (nSPS) is 10.7. The Hall–Kier alpha value is -1.42. The van der Waals surface area contributed by atoms with E-state index in [1.54, 1.807) is 0 Å². The molecule has 0 amide bonds. The van der Waals surface area contributed by atoms with Crippen molar-refractivity contribution in [2.24, 2.45) is 0 Å². The number of nitrogen functional groups attached to an aromatic ring is 1. The molecule has 0 aromatic heterocycles. The van der Waals surface area contributed by atoms with Crippen LogP contribution < -0.4 is 11.1 Å². The van der Waals surface area contributed by atoms with E-state index in [1.165, 1.54) is 18.2 Å². The van der Waals surface area contributed by atoms with Crippen LogP contribution in [-0.2, 0) is 0 Å². The summed E-state index contributed by atoms with van der Waals surface area (Å²) in [4.78, 5) is 11.6. The molecular formula is C11H15FN2O. The van der Waals surface area contributed by atoms with Crippen LogP contribution in [0.1, 0.15) is 24.2 Å². The van der Waals surface area contributed by atoms with Gasteiger partial charge < -0.3 is 11.1 Å². The monoisotopic (exact) mass is 210 g/mol. The zero-order valence-electron chi connectivity index (χ0n) is 8.88.